The summed E-state index contributed by atoms with van der Waals surface area (Å²) in [6.07, 6.45) is 1.70. The van der Waals surface area contributed by atoms with Gasteiger partial charge in [-0.25, -0.2) is 5.84 Å². The topological polar surface area (TPSA) is 94.6 Å². The van der Waals surface area contributed by atoms with Gasteiger partial charge in [-0.15, -0.1) is 0 Å². The summed E-state index contributed by atoms with van der Waals surface area (Å²) >= 11 is 1.53. The molecule has 0 atom stereocenters. The number of thioether (sulfide) groups is 1. The van der Waals surface area contributed by atoms with Crippen molar-refractivity contribution in [1.29, 1.82) is 0 Å². The number of nitrogens with one attached hydrogen (secondary N) is 1. The van der Waals surface area contributed by atoms with E-state index in [0.29, 0.717) is 29.3 Å². The summed E-state index contributed by atoms with van der Waals surface area (Å²) in [7, 11) is 1.36. The van der Waals surface area contributed by atoms with Crippen LogP contribution in [0.5, 0.6) is 0 Å². The number of nitrogens with two attached hydrogens (primary N) is 1. The molecule has 0 spiro atoms. The van der Waals surface area contributed by atoms with Crippen LogP contribution in [0.15, 0.2) is 16.7 Å². The summed E-state index contributed by atoms with van der Waals surface area (Å²) in [6.45, 7) is 0. The van der Waals surface area contributed by atoms with Crippen molar-refractivity contribution in [3.63, 3.8) is 0 Å². The summed E-state index contributed by atoms with van der Waals surface area (Å²) in [4.78, 5) is 22.0. The van der Waals surface area contributed by atoms with Crippen LogP contribution >= 0.6 is 11.8 Å². The summed E-state index contributed by atoms with van der Waals surface area (Å²) in [5.41, 5.74) is 2.40. The van der Waals surface area contributed by atoms with E-state index in [0.717, 1.165) is 0 Å². The second kappa shape index (κ2) is 6.97. The number of carbonyl (C=O) groups excluding carboxylic acids is 2. The molecule has 0 aromatic carbocycles. The van der Waals surface area contributed by atoms with Crippen LogP contribution in [0.1, 0.15) is 22.5 Å². The number of hydrogen-bond donors (Lipinski definition) is 2. The molecule has 0 unspecified atom stereocenters. The Hall–Kier alpha value is -1.47. The molecule has 0 radical (unpaired) electrons. The van der Waals surface area contributed by atoms with Gasteiger partial charge in [-0.1, -0.05) is 0 Å². The van der Waals surface area contributed by atoms with E-state index in [9.17, 15) is 9.59 Å². The zero-order valence-corrected chi connectivity index (χ0v) is 10.2. The molecule has 0 bridgehead atoms. The van der Waals surface area contributed by atoms with E-state index in [1.54, 1.807) is 6.07 Å². The Morgan fingerprint density at radius 2 is 2.35 bits per heavy atom. The molecule has 0 aliphatic rings. The molecule has 94 valence electrons. The van der Waals surface area contributed by atoms with Gasteiger partial charge in [0.05, 0.1) is 24.8 Å². The molecular formula is C10H14N2O4S. The minimum Gasteiger partial charge on any atom is -0.469 e. The molecule has 7 heteroatoms. The summed E-state index contributed by atoms with van der Waals surface area (Å²) in [5, 5.41) is 0. The molecular weight excluding hydrogens is 244 g/mol. The van der Waals surface area contributed by atoms with Crippen LogP contribution in [0.2, 0.25) is 0 Å². The van der Waals surface area contributed by atoms with Crippen LogP contribution in [0.25, 0.3) is 0 Å². The number of amides is 1. The van der Waals surface area contributed by atoms with Gasteiger partial charge in [0, 0.05) is 5.75 Å². The highest BCUT2D eigenvalue weighted by molar-refractivity contribution is 7.98. The Labute approximate surface area is 103 Å². The molecule has 0 aliphatic carbocycles. The number of esters is 1. The molecule has 1 heterocycles. The van der Waals surface area contributed by atoms with Gasteiger partial charge in [0.2, 0.25) is 0 Å². The third kappa shape index (κ3) is 4.49. The van der Waals surface area contributed by atoms with Crippen molar-refractivity contribution in [2.45, 2.75) is 12.2 Å². The minimum absolute atomic E-state index is 0.236. The lowest BCUT2D eigenvalue weighted by atomic mass is 10.3. The first kappa shape index (κ1) is 13.6. The molecule has 6 nitrogen and oxygen atoms in total. The monoisotopic (exact) mass is 258 g/mol. The SMILES string of the molecule is COC(=O)CCSCc1cc(C(=O)NN)co1. The Balaban J connectivity index is 2.30. The lowest BCUT2D eigenvalue weighted by Crippen LogP contribution is -2.29. The molecule has 1 amide bonds. The number of methoxy groups -OCH3 is 1. The van der Waals surface area contributed by atoms with Crippen molar-refractivity contribution in [2.75, 3.05) is 12.9 Å². The molecule has 0 fully saturated rings. The molecule has 1 aromatic heterocycles. The fraction of sp³-hybridized carbons (Fsp3) is 0.400. The fourth-order valence-corrected chi connectivity index (χ4v) is 1.90. The highest BCUT2D eigenvalue weighted by Gasteiger charge is 2.08. The van der Waals surface area contributed by atoms with Gasteiger partial charge >= 0.3 is 5.97 Å². The smallest absolute Gasteiger partial charge is 0.306 e. The van der Waals surface area contributed by atoms with E-state index >= 15 is 0 Å². The van der Waals surface area contributed by atoms with Crippen LogP contribution in [0.3, 0.4) is 0 Å². The Morgan fingerprint density at radius 1 is 1.59 bits per heavy atom. The van der Waals surface area contributed by atoms with E-state index in [1.165, 1.54) is 25.1 Å². The lowest BCUT2D eigenvalue weighted by molar-refractivity contribution is -0.140. The zero-order chi connectivity index (χ0) is 12.7. The van der Waals surface area contributed by atoms with Crippen LogP contribution in [0, 0.1) is 0 Å². The van der Waals surface area contributed by atoms with E-state index in [-0.39, 0.29) is 11.9 Å². The quantitative estimate of drug-likeness (QED) is 0.256. The maximum absolute atomic E-state index is 11.1. The Morgan fingerprint density at radius 3 is 3.00 bits per heavy atom. The average Bonchev–Trinajstić information content (AvgIpc) is 2.82. The van der Waals surface area contributed by atoms with Gasteiger partial charge in [0.15, 0.2) is 0 Å². The Bertz CT molecular complexity index is 391. The van der Waals surface area contributed by atoms with Crippen molar-refractivity contribution in [1.82, 2.24) is 5.43 Å². The van der Waals surface area contributed by atoms with Gasteiger partial charge in [-0.2, -0.15) is 11.8 Å². The van der Waals surface area contributed by atoms with Crippen LogP contribution < -0.4 is 11.3 Å². The standard InChI is InChI=1S/C10H14N2O4S/c1-15-9(13)2-3-17-6-8-4-7(5-16-8)10(14)12-11/h4-5H,2-3,6,11H2,1H3,(H,12,14). The number of furan rings is 1. The summed E-state index contributed by atoms with van der Waals surface area (Å²) in [6, 6.07) is 1.62. The maximum Gasteiger partial charge on any atom is 0.306 e. The van der Waals surface area contributed by atoms with E-state index < -0.39 is 0 Å². The molecule has 0 aliphatic heterocycles. The largest absolute Gasteiger partial charge is 0.469 e. The number of hydrazine groups is 1. The van der Waals surface area contributed by atoms with Gasteiger partial charge in [0.25, 0.3) is 5.91 Å². The fourth-order valence-electron chi connectivity index (χ4n) is 1.09. The summed E-state index contributed by atoms with van der Waals surface area (Å²) in [5.74, 6) is 6.26. The number of ether oxygens (including phenoxy) is 1. The predicted molar refractivity (Wildman–Crippen MR) is 63.2 cm³/mol. The van der Waals surface area contributed by atoms with E-state index in [1.807, 2.05) is 5.43 Å². The first-order valence-corrected chi connectivity index (χ1v) is 6.05. The molecule has 0 saturated carbocycles. The van der Waals surface area contributed by atoms with Crippen LogP contribution in [0.4, 0.5) is 0 Å². The number of nitrogen functional groups attached to an aromatic ring is 1. The number of carbonyl (C=O) groups is 2. The highest BCUT2D eigenvalue weighted by atomic mass is 32.2. The average molecular weight is 258 g/mol. The van der Waals surface area contributed by atoms with E-state index in [4.69, 9.17) is 10.3 Å². The molecule has 1 rings (SSSR count). The molecule has 3 N–H and O–H groups in total. The molecule has 1 aromatic rings. The maximum atomic E-state index is 11.1. The van der Waals surface area contributed by atoms with Gasteiger partial charge in [-0.05, 0) is 6.07 Å². The number of rotatable bonds is 6. The second-order valence-electron chi connectivity index (χ2n) is 3.15. The molecule has 0 saturated heterocycles. The van der Waals surface area contributed by atoms with Crippen molar-refractivity contribution in [3.05, 3.63) is 23.7 Å². The minimum atomic E-state index is -0.389. The van der Waals surface area contributed by atoms with Crippen molar-refractivity contribution in [2.24, 2.45) is 5.84 Å². The number of hydrogen-bond acceptors (Lipinski definition) is 6. The van der Waals surface area contributed by atoms with Crippen molar-refractivity contribution < 1.29 is 18.7 Å². The van der Waals surface area contributed by atoms with E-state index in [2.05, 4.69) is 4.74 Å². The van der Waals surface area contributed by atoms with Crippen molar-refractivity contribution in [3.8, 4) is 0 Å². The Kier molecular flexibility index (Phi) is 5.58. The lowest BCUT2D eigenvalue weighted by Gasteiger charge is -1.98. The third-order valence-corrected chi connectivity index (χ3v) is 2.95. The second-order valence-corrected chi connectivity index (χ2v) is 4.26. The molecule has 17 heavy (non-hydrogen) atoms. The first-order valence-electron chi connectivity index (χ1n) is 4.90. The predicted octanol–water partition coefficient (Wildman–Crippen LogP) is 0.679. The van der Waals surface area contributed by atoms with Crippen LogP contribution in [-0.4, -0.2) is 24.7 Å². The van der Waals surface area contributed by atoms with Crippen LogP contribution in [-0.2, 0) is 15.3 Å². The first-order chi connectivity index (χ1) is 8.17. The van der Waals surface area contributed by atoms with Crippen molar-refractivity contribution >= 4 is 23.6 Å². The normalized spacial score (nSPS) is 10.0. The van der Waals surface area contributed by atoms with Gasteiger partial charge in [0.1, 0.15) is 12.0 Å². The third-order valence-electron chi connectivity index (χ3n) is 1.97. The highest BCUT2D eigenvalue weighted by Crippen LogP contribution is 2.16. The van der Waals surface area contributed by atoms with Gasteiger partial charge < -0.3 is 9.15 Å². The van der Waals surface area contributed by atoms with Gasteiger partial charge in [-0.3, -0.25) is 15.0 Å². The zero-order valence-electron chi connectivity index (χ0n) is 9.39. The summed E-state index contributed by atoms with van der Waals surface area (Å²) < 4.78 is 9.68.